The molecule has 1 N–H and O–H groups in total. The van der Waals surface area contributed by atoms with Crippen molar-refractivity contribution in [3.05, 3.63) is 35.9 Å². The van der Waals surface area contributed by atoms with E-state index < -0.39 is 12.1 Å². The van der Waals surface area contributed by atoms with E-state index in [0.717, 1.165) is 12.0 Å². The van der Waals surface area contributed by atoms with Crippen molar-refractivity contribution in [3.8, 4) is 0 Å². The molecule has 0 amide bonds. The van der Waals surface area contributed by atoms with Crippen LogP contribution in [0.25, 0.3) is 0 Å². The van der Waals surface area contributed by atoms with Crippen LogP contribution in [0, 0.1) is 5.92 Å². The predicted molar refractivity (Wildman–Crippen MR) is 69.8 cm³/mol. The number of benzene rings is 1. The van der Waals surface area contributed by atoms with Crippen molar-refractivity contribution >= 4 is 0 Å². The minimum absolute atomic E-state index is 0.0319. The number of alkyl halides is 3. The summed E-state index contributed by atoms with van der Waals surface area (Å²) in [5.41, 5.74) is 1.12. The topological polar surface area (TPSA) is 12.0 Å². The molecule has 1 saturated carbocycles. The minimum atomic E-state index is -4.05. The van der Waals surface area contributed by atoms with Gasteiger partial charge in [-0.2, -0.15) is 13.2 Å². The molecule has 2 rings (SSSR count). The monoisotopic (exact) mass is 271 g/mol. The molecule has 0 radical (unpaired) electrons. The van der Waals surface area contributed by atoms with Crippen molar-refractivity contribution in [2.75, 3.05) is 0 Å². The lowest BCUT2D eigenvalue weighted by atomic mass is 9.85. The molecule has 1 fully saturated rings. The average Bonchev–Trinajstić information content (AvgIpc) is 2.39. The van der Waals surface area contributed by atoms with Gasteiger partial charge in [0.05, 0.1) is 5.92 Å². The van der Waals surface area contributed by atoms with Gasteiger partial charge in [0, 0.05) is 12.1 Å². The van der Waals surface area contributed by atoms with Crippen LogP contribution < -0.4 is 5.32 Å². The Hall–Kier alpha value is -1.03. The highest BCUT2D eigenvalue weighted by Gasteiger charge is 2.42. The van der Waals surface area contributed by atoms with Crippen molar-refractivity contribution < 1.29 is 13.2 Å². The van der Waals surface area contributed by atoms with Crippen LogP contribution in [0.2, 0.25) is 0 Å². The smallest absolute Gasteiger partial charge is 0.307 e. The molecule has 0 spiro atoms. The maximum Gasteiger partial charge on any atom is 0.391 e. The Morgan fingerprint density at radius 1 is 1.16 bits per heavy atom. The lowest BCUT2D eigenvalue weighted by molar-refractivity contribution is -0.183. The molecule has 3 atom stereocenters. The Bertz CT molecular complexity index is 388. The van der Waals surface area contributed by atoms with Crippen LogP contribution in [-0.4, -0.2) is 12.2 Å². The second kappa shape index (κ2) is 5.95. The van der Waals surface area contributed by atoms with Crippen LogP contribution in [0.4, 0.5) is 13.2 Å². The Labute approximate surface area is 112 Å². The van der Waals surface area contributed by atoms with Crippen molar-refractivity contribution in [2.24, 2.45) is 5.92 Å². The van der Waals surface area contributed by atoms with Crippen LogP contribution in [-0.2, 0) is 0 Å². The molecule has 1 aromatic rings. The van der Waals surface area contributed by atoms with E-state index in [9.17, 15) is 13.2 Å². The Morgan fingerprint density at radius 3 is 2.47 bits per heavy atom. The van der Waals surface area contributed by atoms with Gasteiger partial charge < -0.3 is 5.32 Å². The van der Waals surface area contributed by atoms with Gasteiger partial charge in [-0.3, -0.25) is 0 Å². The van der Waals surface area contributed by atoms with Gasteiger partial charge in [0.25, 0.3) is 0 Å². The Morgan fingerprint density at radius 2 is 1.84 bits per heavy atom. The lowest BCUT2D eigenvalue weighted by Gasteiger charge is -2.33. The fourth-order valence-corrected chi connectivity index (χ4v) is 2.83. The molecule has 0 aromatic heterocycles. The number of nitrogens with one attached hydrogen (secondary N) is 1. The van der Waals surface area contributed by atoms with Crippen molar-refractivity contribution in [1.29, 1.82) is 0 Å². The number of hydrogen-bond acceptors (Lipinski definition) is 1. The van der Waals surface area contributed by atoms with Gasteiger partial charge in [-0.1, -0.05) is 36.8 Å². The van der Waals surface area contributed by atoms with E-state index in [1.165, 1.54) is 0 Å². The second-order valence-electron chi connectivity index (χ2n) is 5.40. The highest BCUT2D eigenvalue weighted by Crippen LogP contribution is 2.38. The van der Waals surface area contributed by atoms with Gasteiger partial charge in [0.15, 0.2) is 0 Å². The van der Waals surface area contributed by atoms with Gasteiger partial charge in [0.2, 0.25) is 0 Å². The molecule has 2 unspecified atom stereocenters. The molecule has 106 valence electrons. The molecule has 4 heteroatoms. The van der Waals surface area contributed by atoms with Gasteiger partial charge in [-0.15, -0.1) is 0 Å². The summed E-state index contributed by atoms with van der Waals surface area (Å²) in [6.45, 7) is 2.01. The van der Waals surface area contributed by atoms with E-state index in [1.807, 2.05) is 37.3 Å². The minimum Gasteiger partial charge on any atom is -0.307 e. The summed E-state index contributed by atoms with van der Waals surface area (Å²) in [5, 5.41) is 3.34. The maximum absolute atomic E-state index is 12.7. The molecule has 19 heavy (non-hydrogen) atoms. The zero-order chi connectivity index (χ0) is 13.9. The summed E-state index contributed by atoms with van der Waals surface area (Å²) in [6, 6.07) is 9.91. The fourth-order valence-electron chi connectivity index (χ4n) is 2.83. The van der Waals surface area contributed by atoms with E-state index in [0.29, 0.717) is 6.42 Å². The molecule has 0 bridgehead atoms. The first kappa shape index (κ1) is 14.4. The third-order valence-electron chi connectivity index (χ3n) is 3.92. The zero-order valence-electron chi connectivity index (χ0n) is 11.1. The summed E-state index contributed by atoms with van der Waals surface area (Å²) < 4.78 is 38.2. The van der Waals surface area contributed by atoms with E-state index in [4.69, 9.17) is 0 Å². The summed E-state index contributed by atoms with van der Waals surface area (Å²) in [5.74, 6) is -1.14. The fraction of sp³-hybridized carbons (Fsp3) is 0.600. The van der Waals surface area contributed by atoms with Gasteiger partial charge in [-0.25, -0.2) is 0 Å². The summed E-state index contributed by atoms with van der Waals surface area (Å²) in [6.07, 6.45) is -2.06. The van der Waals surface area contributed by atoms with Crippen LogP contribution in [0.15, 0.2) is 30.3 Å². The van der Waals surface area contributed by atoms with Gasteiger partial charge in [0.1, 0.15) is 0 Å². The SMILES string of the molecule is C[C@@H](NC1CCCC(C(F)(F)F)C1)c1ccccc1. The third-order valence-corrected chi connectivity index (χ3v) is 3.92. The van der Waals surface area contributed by atoms with Crippen molar-refractivity contribution in [2.45, 2.75) is 50.9 Å². The van der Waals surface area contributed by atoms with E-state index in [2.05, 4.69) is 5.32 Å². The molecule has 1 aromatic carbocycles. The van der Waals surface area contributed by atoms with Crippen LogP contribution in [0.1, 0.15) is 44.2 Å². The quantitative estimate of drug-likeness (QED) is 0.856. The maximum atomic E-state index is 12.7. The second-order valence-corrected chi connectivity index (χ2v) is 5.40. The van der Waals surface area contributed by atoms with E-state index in [1.54, 1.807) is 0 Å². The molecule has 1 nitrogen and oxygen atoms in total. The van der Waals surface area contributed by atoms with E-state index >= 15 is 0 Å². The number of rotatable bonds is 3. The molecule has 1 aliphatic rings. The lowest BCUT2D eigenvalue weighted by Crippen LogP contribution is -2.39. The first-order valence-corrected chi connectivity index (χ1v) is 6.84. The summed E-state index contributed by atoms with van der Waals surface area (Å²) >= 11 is 0. The average molecular weight is 271 g/mol. The normalized spacial score (nSPS) is 26.1. The van der Waals surface area contributed by atoms with Crippen molar-refractivity contribution in [1.82, 2.24) is 5.32 Å². The predicted octanol–water partition coefficient (Wildman–Crippen LogP) is 4.46. The number of hydrogen-bond donors (Lipinski definition) is 1. The van der Waals surface area contributed by atoms with E-state index in [-0.39, 0.29) is 24.9 Å². The van der Waals surface area contributed by atoms with Crippen LogP contribution >= 0.6 is 0 Å². The molecule has 0 heterocycles. The third kappa shape index (κ3) is 3.96. The largest absolute Gasteiger partial charge is 0.391 e. The highest BCUT2D eigenvalue weighted by atomic mass is 19.4. The highest BCUT2D eigenvalue weighted by molar-refractivity contribution is 5.18. The summed E-state index contributed by atoms with van der Waals surface area (Å²) in [4.78, 5) is 0. The Kier molecular flexibility index (Phi) is 4.50. The molecular formula is C15H20F3N. The van der Waals surface area contributed by atoms with Crippen LogP contribution in [0.3, 0.4) is 0 Å². The molecule has 0 saturated heterocycles. The first-order valence-electron chi connectivity index (χ1n) is 6.84. The zero-order valence-corrected chi connectivity index (χ0v) is 11.1. The first-order chi connectivity index (χ1) is 8.97. The molecular weight excluding hydrogens is 251 g/mol. The van der Waals surface area contributed by atoms with Crippen LogP contribution in [0.5, 0.6) is 0 Å². The number of halogens is 3. The molecule has 0 aliphatic heterocycles. The van der Waals surface area contributed by atoms with Gasteiger partial charge >= 0.3 is 6.18 Å². The molecule has 1 aliphatic carbocycles. The van der Waals surface area contributed by atoms with Crippen molar-refractivity contribution in [3.63, 3.8) is 0 Å². The van der Waals surface area contributed by atoms with Gasteiger partial charge in [-0.05, 0) is 31.7 Å². The summed E-state index contributed by atoms with van der Waals surface area (Å²) in [7, 11) is 0. The standard InChI is InChI=1S/C15H20F3N/c1-11(12-6-3-2-4-7-12)19-14-9-5-8-13(10-14)15(16,17)18/h2-4,6-7,11,13-14,19H,5,8-10H2,1H3/t11-,13?,14?/m1/s1. The Balaban J connectivity index is 1.92.